The Hall–Kier alpha value is -1.79. The van der Waals surface area contributed by atoms with Crippen LogP contribution in [0.2, 0.25) is 0 Å². The molecule has 0 amide bonds. The highest BCUT2D eigenvalue weighted by atomic mass is 16.3. The largest absolute Gasteiger partial charge is 0.389 e. The van der Waals surface area contributed by atoms with Gasteiger partial charge >= 0.3 is 0 Å². The van der Waals surface area contributed by atoms with Crippen molar-refractivity contribution in [3.63, 3.8) is 0 Å². The lowest BCUT2D eigenvalue weighted by atomic mass is 10.0. The van der Waals surface area contributed by atoms with E-state index in [1.165, 1.54) is 0 Å². The number of rotatable bonds is 7. The van der Waals surface area contributed by atoms with E-state index < -0.39 is 5.60 Å². The average Bonchev–Trinajstić information content (AvgIpc) is 2.88. The zero-order valence-electron chi connectivity index (χ0n) is 12.0. The molecule has 1 heterocycles. The Morgan fingerprint density at radius 1 is 1.30 bits per heavy atom. The maximum atomic E-state index is 10.1. The molecule has 0 aliphatic heterocycles. The van der Waals surface area contributed by atoms with Gasteiger partial charge in [0.05, 0.1) is 17.8 Å². The van der Waals surface area contributed by atoms with Crippen LogP contribution in [-0.2, 0) is 6.54 Å². The standard InChI is InChI=1S/C14H21N5O/c1-3-9-14(2,20)11-15-10-13-16-17-18-19(13)12-7-5-4-6-8-12/h4-8,15,20H,3,9-11H2,1-2H3. The van der Waals surface area contributed by atoms with Crippen LogP contribution in [0.5, 0.6) is 0 Å². The second-order valence-electron chi connectivity index (χ2n) is 5.19. The molecule has 0 aliphatic carbocycles. The fourth-order valence-electron chi connectivity index (χ4n) is 2.16. The molecule has 2 aromatic rings. The van der Waals surface area contributed by atoms with Crippen molar-refractivity contribution in [2.75, 3.05) is 6.54 Å². The van der Waals surface area contributed by atoms with Crippen LogP contribution >= 0.6 is 0 Å². The van der Waals surface area contributed by atoms with E-state index in [1.54, 1.807) is 4.68 Å². The van der Waals surface area contributed by atoms with Gasteiger partial charge in [0.25, 0.3) is 0 Å². The number of aliphatic hydroxyl groups is 1. The van der Waals surface area contributed by atoms with Crippen molar-refractivity contribution in [1.82, 2.24) is 25.5 Å². The van der Waals surface area contributed by atoms with Crippen LogP contribution in [-0.4, -0.2) is 37.5 Å². The Balaban J connectivity index is 1.97. The summed E-state index contributed by atoms with van der Waals surface area (Å²) in [6.07, 6.45) is 1.72. The molecule has 108 valence electrons. The molecule has 1 aromatic heterocycles. The van der Waals surface area contributed by atoms with Gasteiger partial charge < -0.3 is 10.4 Å². The Morgan fingerprint density at radius 2 is 2.05 bits per heavy atom. The quantitative estimate of drug-likeness (QED) is 0.796. The second-order valence-corrected chi connectivity index (χ2v) is 5.19. The number of para-hydroxylation sites is 1. The van der Waals surface area contributed by atoms with Crippen molar-refractivity contribution in [3.05, 3.63) is 36.2 Å². The smallest absolute Gasteiger partial charge is 0.170 e. The van der Waals surface area contributed by atoms with Crippen LogP contribution in [0.1, 0.15) is 32.5 Å². The zero-order chi connectivity index (χ0) is 14.4. The molecule has 0 saturated carbocycles. The molecule has 6 nitrogen and oxygen atoms in total. The Kier molecular flexibility index (Phi) is 4.81. The third kappa shape index (κ3) is 3.85. The lowest BCUT2D eigenvalue weighted by Crippen LogP contribution is -2.37. The van der Waals surface area contributed by atoms with E-state index in [-0.39, 0.29) is 0 Å². The molecule has 0 bridgehead atoms. The number of hydrogen-bond acceptors (Lipinski definition) is 5. The van der Waals surface area contributed by atoms with Crippen molar-refractivity contribution in [2.45, 2.75) is 38.8 Å². The minimum absolute atomic E-state index is 0.516. The maximum Gasteiger partial charge on any atom is 0.170 e. The van der Waals surface area contributed by atoms with Crippen LogP contribution in [0.4, 0.5) is 0 Å². The highest BCUT2D eigenvalue weighted by Crippen LogP contribution is 2.11. The molecular weight excluding hydrogens is 254 g/mol. The summed E-state index contributed by atoms with van der Waals surface area (Å²) < 4.78 is 1.70. The van der Waals surface area contributed by atoms with E-state index in [1.807, 2.05) is 37.3 Å². The van der Waals surface area contributed by atoms with Gasteiger partial charge in [-0.2, -0.15) is 4.68 Å². The van der Waals surface area contributed by atoms with Gasteiger partial charge in [-0.15, -0.1) is 5.10 Å². The summed E-state index contributed by atoms with van der Waals surface area (Å²) >= 11 is 0. The van der Waals surface area contributed by atoms with Crippen molar-refractivity contribution >= 4 is 0 Å². The van der Waals surface area contributed by atoms with Crippen LogP contribution in [0.3, 0.4) is 0 Å². The van der Waals surface area contributed by atoms with Crippen LogP contribution < -0.4 is 5.32 Å². The van der Waals surface area contributed by atoms with Crippen LogP contribution in [0.25, 0.3) is 5.69 Å². The molecule has 1 atom stereocenters. The molecule has 1 unspecified atom stereocenters. The summed E-state index contributed by atoms with van der Waals surface area (Å²) in [6.45, 7) is 4.93. The number of aromatic nitrogens is 4. The highest BCUT2D eigenvalue weighted by molar-refractivity contribution is 5.30. The van der Waals surface area contributed by atoms with Gasteiger partial charge in [-0.25, -0.2) is 0 Å². The molecule has 0 saturated heterocycles. The Bertz CT molecular complexity index is 523. The van der Waals surface area contributed by atoms with Gasteiger partial charge in [-0.3, -0.25) is 0 Å². The molecule has 2 rings (SSSR count). The SMILES string of the molecule is CCCC(C)(O)CNCc1nnnn1-c1ccccc1. The molecule has 0 aliphatic rings. The van der Waals surface area contributed by atoms with Crippen molar-refractivity contribution in [1.29, 1.82) is 0 Å². The minimum Gasteiger partial charge on any atom is -0.389 e. The predicted octanol–water partition coefficient (Wildman–Crippen LogP) is 1.30. The van der Waals surface area contributed by atoms with E-state index in [2.05, 4.69) is 27.8 Å². The summed E-state index contributed by atoms with van der Waals surface area (Å²) in [7, 11) is 0. The van der Waals surface area contributed by atoms with E-state index in [9.17, 15) is 5.11 Å². The van der Waals surface area contributed by atoms with Gasteiger partial charge in [0.15, 0.2) is 5.82 Å². The third-order valence-electron chi connectivity index (χ3n) is 3.11. The first kappa shape index (κ1) is 14.6. The average molecular weight is 275 g/mol. The van der Waals surface area contributed by atoms with E-state index in [0.29, 0.717) is 13.1 Å². The van der Waals surface area contributed by atoms with Crippen LogP contribution in [0, 0.1) is 0 Å². The lowest BCUT2D eigenvalue weighted by Gasteiger charge is -2.22. The first-order chi connectivity index (χ1) is 9.62. The van der Waals surface area contributed by atoms with Gasteiger partial charge in [-0.05, 0) is 35.9 Å². The Labute approximate surface area is 118 Å². The fraction of sp³-hybridized carbons (Fsp3) is 0.500. The summed E-state index contributed by atoms with van der Waals surface area (Å²) in [6, 6.07) is 9.74. The number of nitrogens with zero attached hydrogens (tertiary/aromatic N) is 4. The number of benzene rings is 1. The van der Waals surface area contributed by atoms with Crippen molar-refractivity contribution < 1.29 is 5.11 Å². The van der Waals surface area contributed by atoms with E-state index in [4.69, 9.17) is 0 Å². The highest BCUT2D eigenvalue weighted by Gasteiger charge is 2.18. The molecule has 1 aromatic carbocycles. The molecular formula is C14H21N5O. The molecule has 0 radical (unpaired) electrons. The molecule has 2 N–H and O–H groups in total. The second kappa shape index (κ2) is 6.58. The molecule has 6 heteroatoms. The van der Waals surface area contributed by atoms with Gasteiger partial charge in [0, 0.05) is 6.54 Å². The van der Waals surface area contributed by atoms with Gasteiger partial charge in [-0.1, -0.05) is 31.5 Å². The van der Waals surface area contributed by atoms with Crippen molar-refractivity contribution in [3.8, 4) is 5.69 Å². The summed E-state index contributed by atoms with van der Waals surface area (Å²) in [4.78, 5) is 0. The maximum absolute atomic E-state index is 10.1. The van der Waals surface area contributed by atoms with Crippen molar-refractivity contribution in [2.24, 2.45) is 0 Å². The summed E-state index contributed by atoms with van der Waals surface area (Å²) in [5.41, 5.74) is 0.231. The first-order valence-corrected chi connectivity index (χ1v) is 6.88. The van der Waals surface area contributed by atoms with Gasteiger partial charge in [0.1, 0.15) is 0 Å². The molecule has 0 fully saturated rings. The lowest BCUT2D eigenvalue weighted by molar-refractivity contribution is 0.0496. The Morgan fingerprint density at radius 3 is 2.75 bits per heavy atom. The summed E-state index contributed by atoms with van der Waals surface area (Å²) in [5.74, 6) is 0.725. The number of hydrogen-bond donors (Lipinski definition) is 2. The number of nitrogens with one attached hydrogen (secondary N) is 1. The summed E-state index contributed by atoms with van der Waals surface area (Å²) in [5, 5.41) is 25.0. The minimum atomic E-state index is -0.695. The normalized spacial score (nSPS) is 14.2. The topological polar surface area (TPSA) is 75.9 Å². The van der Waals surface area contributed by atoms with Crippen LogP contribution in [0.15, 0.2) is 30.3 Å². The van der Waals surface area contributed by atoms with Gasteiger partial charge in [0.2, 0.25) is 0 Å². The fourth-order valence-corrected chi connectivity index (χ4v) is 2.16. The molecule has 20 heavy (non-hydrogen) atoms. The first-order valence-electron chi connectivity index (χ1n) is 6.88. The van der Waals surface area contributed by atoms with E-state index >= 15 is 0 Å². The predicted molar refractivity (Wildman–Crippen MR) is 76.4 cm³/mol. The van der Waals surface area contributed by atoms with E-state index in [0.717, 1.165) is 24.4 Å². The zero-order valence-corrected chi connectivity index (χ0v) is 12.0. The number of tetrazole rings is 1. The monoisotopic (exact) mass is 275 g/mol. The molecule has 0 spiro atoms. The third-order valence-corrected chi connectivity index (χ3v) is 3.11.